The molecular weight excluding hydrogens is 351 g/mol. The smallest absolute Gasteiger partial charge is 0.339 e. The summed E-state index contributed by atoms with van der Waals surface area (Å²) in [7, 11) is 1.28. The summed E-state index contributed by atoms with van der Waals surface area (Å²) in [6.07, 6.45) is 1.59. The van der Waals surface area contributed by atoms with Gasteiger partial charge in [-0.1, -0.05) is 23.2 Å². The van der Waals surface area contributed by atoms with Crippen molar-refractivity contribution in [1.29, 1.82) is 0 Å². The third kappa shape index (κ3) is 2.88. The van der Waals surface area contributed by atoms with Crippen molar-refractivity contribution < 1.29 is 9.53 Å². The number of methoxy groups -OCH3 is 1. The van der Waals surface area contributed by atoms with Gasteiger partial charge in [0, 0.05) is 16.2 Å². The third-order valence-corrected chi connectivity index (χ3v) is 4.04. The van der Waals surface area contributed by atoms with E-state index in [0.29, 0.717) is 32.3 Å². The van der Waals surface area contributed by atoms with Crippen molar-refractivity contribution in [2.24, 2.45) is 0 Å². The fourth-order valence-corrected chi connectivity index (χ4v) is 2.98. The second-order valence-corrected chi connectivity index (χ2v) is 6.04. The van der Waals surface area contributed by atoms with Gasteiger partial charge in [-0.25, -0.2) is 4.79 Å². The first-order valence-electron chi connectivity index (χ1n) is 6.98. The molecule has 0 saturated carbocycles. The van der Waals surface area contributed by atoms with Crippen LogP contribution in [0.1, 0.15) is 16.1 Å². The first-order valence-corrected chi connectivity index (χ1v) is 7.74. The van der Waals surface area contributed by atoms with E-state index in [0.717, 1.165) is 0 Å². The lowest BCUT2D eigenvalue weighted by molar-refractivity contribution is 0.0599. The molecule has 2 aromatic heterocycles. The van der Waals surface area contributed by atoms with Crippen LogP contribution >= 0.6 is 23.2 Å². The average Bonchev–Trinajstić information content (AvgIpc) is 2.53. The maximum atomic E-state index is 12.8. The number of aromatic nitrogens is 2. The van der Waals surface area contributed by atoms with Gasteiger partial charge in [0.1, 0.15) is 0 Å². The van der Waals surface area contributed by atoms with Crippen molar-refractivity contribution in [3.63, 3.8) is 0 Å². The van der Waals surface area contributed by atoms with Gasteiger partial charge < -0.3 is 4.74 Å². The first kappa shape index (κ1) is 16.5. The van der Waals surface area contributed by atoms with Crippen LogP contribution in [-0.4, -0.2) is 22.6 Å². The number of hydrogen-bond donors (Lipinski definition) is 0. The number of hydrogen-bond acceptors (Lipinski definition) is 4. The molecule has 0 aliphatic heterocycles. The lowest BCUT2D eigenvalue weighted by Gasteiger charge is -2.10. The highest BCUT2D eigenvalue weighted by molar-refractivity contribution is 6.34. The standard InChI is InChI=1S/C17H12Cl2N2O3/c1-9-13(17(23)24-2)8-14-15(20-9)3-4-21(16(14)22)12-6-10(18)5-11(19)7-12/h3-8H,1-2H3. The Hall–Kier alpha value is -2.37. The summed E-state index contributed by atoms with van der Waals surface area (Å²) in [5.41, 5.74) is 1.44. The number of ether oxygens (including phenoxy) is 1. The summed E-state index contributed by atoms with van der Waals surface area (Å²) in [4.78, 5) is 28.9. The minimum absolute atomic E-state index is 0.254. The summed E-state index contributed by atoms with van der Waals surface area (Å²) in [6.45, 7) is 1.69. The van der Waals surface area contributed by atoms with Crippen LogP contribution in [0.4, 0.5) is 0 Å². The van der Waals surface area contributed by atoms with Crippen molar-refractivity contribution in [3.8, 4) is 5.69 Å². The Morgan fingerprint density at radius 3 is 2.46 bits per heavy atom. The van der Waals surface area contributed by atoms with E-state index < -0.39 is 5.97 Å². The molecule has 0 bridgehead atoms. The van der Waals surface area contributed by atoms with E-state index in [9.17, 15) is 9.59 Å². The highest BCUT2D eigenvalue weighted by atomic mass is 35.5. The van der Waals surface area contributed by atoms with Crippen molar-refractivity contribution >= 4 is 40.1 Å². The molecule has 0 N–H and O–H groups in total. The van der Waals surface area contributed by atoms with Crippen molar-refractivity contribution in [1.82, 2.24) is 9.55 Å². The highest BCUT2D eigenvalue weighted by Gasteiger charge is 2.15. The Morgan fingerprint density at radius 2 is 1.83 bits per heavy atom. The number of aryl methyl sites for hydroxylation is 1. The minimum atomic E-state index is -0.539. The topological polar surface area (TPSA) is 61.2 Å². The number of nitrogens with zero attached hydrogens (tertiary/aromatic N) is 2. The van der Waals surface area contributed by atoms with Crippen molar-refractivity contribution in [2.45, 2.75) is 6.92 Å². The molecule has 0 amide bonds. The van der Waals surface area contributed by atoms with Crippen LogP contribution in [0.15, 0.2) is 41.3 Å². The van der Waals surface area contributed by atoms with Gasteiger partial charge in [-0.05, 0) is 37.3 Å². The molecule has 0 spiro atoms. The Morgan fingerprint density at radius 1 is 1.17 bits per heavy atom. The van der Waals surface area contributed by atoms with E-state index in [1.807, 2.05) is 0 Å². The monoisotopic (exact) mass is 362 g/mol. The number of carbonyl (C=O) groups is 1. The van der Waals surface area contributed by atoms with E-state index in [1.54, 1.807) is 37.4 Å². The Kier molecular flexibility index (Phi) is 4.30. The largest absolute Gasteiger partial charge is 0.465 e. The van der Waals surface area contributed by atoms with Crippen LogP contribution in [-0.2, 0) is 4.74 Å². The van der Waals surface area contributed by atoms with Gasteiger partial charge in [-0.15, -0.1) is 0 Å². The summed E-state index contributed by atoms with van der Waals surface area (Å²) in [5, 5.41) is 1.14. The van der Waals surface area contributed by atoms with Gasteiger partial charge in [0.05, 0.1) is 35.0 Å². The van der Waals surface area contributed by atoms with E-state index >= 15 is 0 Å². The molecule has 7 heteroatoms. The summed E-state index contributed by atoms with van der Waals surface area (Å²) in [5.74, 6) is -0.539. The maximum absolute atomic E-state index is 12.8. The van der Waals surface area contributed by atoms with Gasteiger partial charge in [-0.2, -0.15) is 0 Å². The molecule has 0 aliphatic carbocycles. The quantitative estimate of drug-likeness (QED) is 0.650. The SMILES string of the molecule is COC(=O)c1cc2c(=O)n(-c3cc(Cl)cc(Cl)c3)ccc2nc1C. The van der Waals surface area contributed by atoms with Crippen LogP contribution < -0.4 is 5.56 Å². The third-order valence-electron chi connectivity index (χ3n) is 3.60. The van der Waals surface area contributed by atoms with E-state index in [1.165, 1.54) is 17.7 Å². The van der Waals surface area contributed by atoms with Crippen LogP contribution in [0.25, 0.3) is 16.6 Å². The van der Waals surface area contributed by atoms with E-state index in [4.69, 9.17) is 27.9 Å². The average molecular weight is 363 g/mol. The molecule has 0 atom stereocenters. The van der Waals surface area contributed by atoms with Crippen LogP contribution in [0, 0.1) is 6.92 Å². The highest BCUT2D eigenvalue weighted by Crippen LogP contribution is 2.22. The number of halogens is 2. The summed E-state index contributed by atoms with van der Waals surface area (Å²) < 4.78 is 6.13. The van der Waals surface area contributed by atoms with Crippen LogP contribution in [0.2, 0.25) is 10.0 Å². The van der Waals surface area contributed by atoms with Crippen LogP contribution in [0.3, 0.4) is 0 Å². The van der Waals surface area contributed by atoms with Crippen LogP contribution in [0.5, 0.6) is 0 Å². The zero-order valence-electron chi connectivity index (χ0n) is 12.8. The lowest BCUT2D eigenvalue weighted by Crippen LogP contribution is -2.19. The lowest BCUT2D eigenvalue weighted by atomic mass is 10.1. The second-order valence-electron chi connectivity index (χ2n) is 5.16. The maximum Gasteiger partial charge on any atom is 0.339 e. The number of esters is 1. The van der Waals surface area contributed by atoms with Crippen molar-refractivity contribution in [3.05, 3.63) is 68.2 Å². The van der Waals surface area contributed by atoms with E-state index in [-0.39, 0.29) is 11.1 Å². The minimum Gasteiger partial charge on any atom is -0.465 e. The van der Waals surface area contributed by atoms with E-state index in [2.05, 4.69) is 4.98 Å². The predicted molar refractivity (Wildman–Crippen MR) is 93.4 cm³/mol. The Balaban J connectivity index is 2.29. The number of benzene rings is 1. The molecule has 5 nitrogen and oxygen atoms in total. The Labute approximate surface area is 147 Å². The fourth-order valence-electron chi connectivity index (χ4n) is 2.46. The molecule has 24 heavy (non-hydrogen) atoms. The number of pyridine rings is 2. The summed E-state index contributed by atoms with van der Waals surface area (Å²) in [6, 6.07) is 8.03. The molecule has 3 aromatic rings. The van der Waals surface area contributed by atoms with Gasteiger partial charge in [0.2, 0.25) is 0 Å². The second kappa shape index (κ2) is 6.26. The van der Waals surface area contributed by atoms with Gasteiger partial charge in [0.15, 0.2) is 0 Å². The molecule has 1 aromatic carbocycles. The molecular formula is C17H12Cl2N2O3. The fraction of sp³-hybridized carbons (Fsp3) is 0.118. The molecule has 2 heterocycles. The number of rotatable bonds is 2. The number of fused-ring (bicyclic) bond motifs is 1. The molecule has 122 valence electrons. The number of carbonyl (C=O) groups excluding carboxylic acids is 1. The van der Waals surface area contributed by atoms with Gasteiger partial charge >= 0.3 is 5.97 Å². The zero-order chi connectivity index (χ0) is 17.4. The van der Waals surface area contributed by atoms with Gasteiger partial charge in [0.25, 0.3) is 5.56 Å². The van der Waals surface area contributed by atoms with Gasteiger partial charge in [-0.3, -0.25) is 14.3 Å². The predicted octanol–water partition coefficient (Wildman–Crippen LogP) is 3.79. The molecule has 3 rings (SSSR count). The van der Waals surface area contributed by atoms with Crippen molar-refractivity contribution in [2.75, 3.05) is 7.11 Å². The first-order chi connectivity index (χ1) is 11.4. The normalized spacial score (nSPS) is 10.8. The molecule has 0 radical (unpaired) electrons. The molecule has 0 aliphatic rings. The molecule has 0 fully saturated rings. The summed E-state index contributed by atoms with van der Waals surface area (Å²) >= 11 is 12.0. The molecule has 0 saturated heterocycles. The Bertz CT molecular complexity index is 1010. The molecule has 0 unspecified atom stereocenters. The zero-order valence-corrected chi connectivity index (χ0v) is 14.4.